The van der Waals surface area contributed by atoms with Crippen molar-refractivity contribution in [1.29, 1.82) is 0 Å². The minimum absolute atomic E-state index is 0.314. The van der Waals surface area contributed by atoms with Crippen molar-refractivity contribution in [3.05, 3.63) is 21.3 Å². The molecule has 0 aliphatic heterocycles. The van der Waals surface area contributed by atoms with Gasteiger partial charge in [-0.05, 0) is 18.9 Å². The van der Waals surface area contributed by atoms with Crippen molar-refractivity contribution in [2.75, 3.05) is 11.9 Å². The lowest BCUT2D eigenvalue weighted by Gasteiger charge is -2.32. The van der Waals surface area contributed by atoms with E-state index in [0.717, 1.165) is 5.82 Å². The number of pyridine rings is 1. The average Bonchev–Trinajstić information content (AvgIpc) is 2.34. The van der Waals surface area contributed by atoms with Crippen LogP contribution < -0.4 is 4.90 Å². The maximum atomic E-state index is 6.17. The summed E-state index contributed by atoms with van der Waals surface area (Å²) in [6, 6.07) is 2.17. The summed E-state index contributed by atoms with van der Waals surface area (Å²) in [6.45, 7) is 0. The Bertz CT molecular complexity index is 403. The molecule has 1 aliphatic rings. The van der Waals surface area contributed by atoms with Crippen LogP contribution in [0.4, 0.5) is 5.82 Å². The van der Waals surface area contributed by atoms with Gasteiger partial charge in [-0.1, -0.05) is 54.1 Å². The first-order chi connectivity index (χ1) is 8.09. The van der Waals surface area contributed by atoms with Crippen LogP contribution in [0.3, 0.4) is 0 Å². The summed E-state index contributed by atoms with van der Waals surface area (Å²) >= 11 is 18.0. The van der Waals surface area contributed by atoms with Crippen LogP contribution in [-0.2, 0) is 0 Å². The summed E-state index contributed by atoms with van der Waals surface area (Å²) in [5.74, 6) is 0.730. The van der Waals surface area contributed by atoms with Crippen LogP contribution in [0.5, 0.6) is 0 Å². The fourth-order valence-electron chi connectivity index (χ4n) is 2.32. The summed E-state index contributed by atoms with van der Waals surface area (Å²) in [6.07, 6.45) is 6.25. The lowest BCUT2D eigenvalue weighted by Crippen LogP contribution is -2.34. The van der Waals surface area contributed by atoms with Crippen LogP contribution in [0, 0.1) is 0 Å². The SMILES string of the molecule is CN(c1nc(Cl)c(Cl)cc1Cl)C1CCCCC1. The molecule has 0 saturated heterocycles. The largest absolute Gasteiger partial charge is 0.355 e. The topological polar surface area (TPSA) is 16.1 Å². The molecule has 0 bridgehead atoms. The molecule has 2 rings (SSSR count). The maximum Gasteiger partial charge on any atom is 0.150 e. The Kier molecular flexibility index (Phi) is 4.40. The molecule has 0 radical (unpaired) electrons. The molecule has 1 saturated carbocycles. The van der Waals surface area contributed by atoms with E-state index in [0.29, 0.717) is 21.2 Å². The number of hydrogen-bond donors (Lipinski definition) is 0. The lowest BCUT2D eigenvalue weighted by molar-refractivity contribution is 0.426. The van der Waals surface area contributed by atoms with Gasteiger partial charge in [-0.3, -0.25) is 0 Å². The van der Waals surface area contributed by atoms with E-state index in [1.54, 1.807) is 6.07 Å². The van der Waals surface area contributed by atoms with Crippen molar-refractivity contribution in [3.8, 4) is 0 Å². The van der Waals surface area contributed by atoms with Gasteiger partial charge >= 0.3 is 0 Å². The second-order valence-corrected chi connectivity index (χ2v) is 5.64. The highest BCUT2D eigenvalue weighted by Crippen LogP contribution is 2.33. The summed E-state index contributed by atoms with van der Waals surface area (Å²) in [7, 11) is 2.02. The molecule has 0 aromatic carbocycles. The van der Waals surface area contributed by atoms with Gasteiger partial charge in [-0.25, -0.2) is 4.98 Å². The van der Waals surface area contributed by atoms with E-state index < -0.39 is 0 Å². The molecule has 17 heavy (non-hydrogen) atoms. The third-order valence-electron chi connectivity index (χ3n) is 3.32. The molecule has 0 unspecified atom stereocenters. The van der Waals surface area contributed by atoms with Crippen molar-refractivity contribution < 1.29 is 0 Å². The van der Waals surface area contributed by atoms with Crippen LogP contribution in [0.25, 0.3) is 0 Å². The summed E-state index contributed by atoms with van der Waals surface area (Å²) in [5, 5.41) is 1.28. The molecule has 1 aliphatic carbocycles. The Labute approximate surface area is 117 Å². The summed E-state index contributed by atoms with van der Waals surface area (Å²) in [4.78, 5) is 6.40. The third kappa shape index (κ3) is 2.98. The predicted octanol–water partition coefficient (Wildman–Crippen LogP) is 4.81. The molecule has 0 N–H and O–H groups in total. The van der Waals surface area contributed by atoms with Crippen LogP contribution in [-0.4, -0.2) is 18.1 Å². The number of aromatic nitrogens is 1. The molecule has 1 aromatic rings. The molecule has 5 heteroatoms. The van der Waals surface area contributed by atoms with Crippen LogP contribution in [0.1, 0.15) is 32.1 Å². The van der Waals surface area contributed by atoms with E-state index in [1.807, 2.05) is 7.05 Å². The maximum absolute atomic E-state index is 6.17. The molecular formula is C12H15Cl3N2. The van der Waals surface area contributed by atoms with Crippen molar-refractivity contribution in [1.82, 2.24) is 4.98 Å². The number of hydrogen-bond acceptors (Lipinski definition) is 2. The smallest absolute Gasteiger partial charge is 0.150 e. The number of nitrogens with zero attached hydrogens (tertiary/aromatic N) is 2. The highest BCUT2D eigenvalue weighted by atomic mass is 35.5. The van der Waals surface area contributed by atoms with Crippen LogP contribution in [0.2, 0.25) is 15.2 Å². The van der Waals surface area contributed by atoms with Gasteiger partial charge in [0, 0.05) is 13.1 Å². The zero-order chi connectivity index (χ0) is 12.4. The third-order valence-corrected chi connectivity index (χ3v) is 4.28. The number of halogens is 3. The first-order valence-corrected chi connectivity index (χ1v) is 6.97. The summed E-state index contributed by atoms with van der Waals surface area (Å²) < 4.78 is 0. The monoisotopic (exact) mass is 292 g/mol. The second-order valence-electron chi connectivity index (χ2n) is 4.47. The molecule has 2 nitrogen and oxygen atoms in total. The van der Waals surface area contributed by atoms with E-state index in [9.17, 15) is 0 Å². The van der Waals surface area contributed by atoms with Crippen LogP contribution in [0.15, 0.2) is 6.07 Å². The van der Waals surface area contributed by atoms with E-state index in [2.05, 4.69) is 9.88 Å². The standard InChI is InChI=1S/C12H15Cl3N2/c1-17(8-5-3-2-4-6-8)12-10(14)7-9(13)11(15)16-12/h7-8H,2-6H2,1H3. The van der Waals surface area contributed by atoms with Crippen molar-refractivity contribution in [3.63, 3.8) is 0 Å². The minimum atomic E-state index is 0.314. The second kappa shape index (κ2) is 5.64. The number of anilines is 1. The Hall–Kier alpha value is -0.180. The van der Waals surface area contributed by atoms with Gasteiger partial charge < -0.3 is 4.90 Å². The molecular weight excluding hydrogens is 279 g/mol. The molecule has 0 amide bonds. The average molecular weight is 294 g/mol. The summed E-state index contributed by atoms with van der Waals surface area (Å²) in [5.41, 5.74) is 0. The molecule has 1 fully saturated rings. The fraction of sp³-hybridized carbons (Fsp3) is 0.583. The predicted molar refractivity (Wildman–Crippen MR) is 74.5 cm³/mol. The van der Waals surface area contributed by atoms with Gasteiger partial charge in [0.2, 0.25) is 0 Å². The minimum Gasteiger partial charge on any atom is -0.355 e. The Morgan fingerprint density at radius 2 is 1.76 bits per heavy atom. The van der Waals surface area contributed by atoms with Gasteiger partial charge in [0.1, 0.15) is 11.0 Å². The van der Waals surface area contributed by atoms with Gasteiger partial charge in [0.25, 0.3) is 0 Å². The fourth-order valence-corrected chi connectivity index (χ4v) is 2.95. The molecule has 0 spiro atoms. The molecule has 1 heterocycles. The molecule has 94 valence electrons. The van der Waals surface area contributed by atoms with Gasteiger partial charge in [0.05, 0.1) is 10.0 Å². The first kappa shape index (κ1) is 13.3. The normalized spacial score (nSPS) is 17.2. The zero-order valence-electron chi connectivity index (χ0n) is 9.72. The van der Waals surface area contributed by atoms with Crippen LogP contribution >= 0.6 is 34.8 Å². The Morgan fingerprint density at radius 1 is 1.12 bits per heavy atom. The Balaban J connectivity index is 2.23. The van der Waals surface area contributed by atoms with E-state index >= 15 is 0 Å². The van der Waals surface area contributed by atoms with E-state index in [-0.39, 0.29) is 0 Å². The van der Waals surface area contributed by atoms with E-state index in [4.69, 9.17) is 34.8 Å². The quantitative estimate of drug-likeness (QED) is 0.727. The number of rotatable bonds is 2. The van der Waals surface area contributed by atoms with Crippen molar-refractivity contribution >= 4 is 40.6 Å². The molecule has 1 aromatic heterocycles. The highest BCUT2D eigenvalue weighted by molar-refractivity contribution is 6.42. The highest BCUT2D eigenvalue weighted by Gasteiger charge is 2.21. The first-order valence-electron chi connectivity index (χ1n) is 5.84. The van der Waals surface area contributed by atoms with Crippen molar-refractivity contribution in [2.45, 2.75) is 38.1 Å². The van der Waals surface area contributed by atoms with Gasteiger partial charge in [-0.15, -0.1) is 0 Å². The van der Waals surface area contributed by atoms with Gasteiger partial charge in [0.15, 0.2) is 0 Å². The molecule has 0 atom stereocenters. The van der Waals surface area contributed by atoms with E-state index in [1.165, 1.54) is 32.1 Å². The Morgan fingerprint density at radius 3 is 2.41 bits per heavy atom. The lowest BCUT2D eigenvalue weighted by atomic mass is 9.94. The van der Waals surface area contributed by atoms with Crippen molar-refractivity contribution in [2.24, 2.45) is 0 Å². The van der Waals surface area contributed by atoms with Gasteiger partial charge in [-0.2, -0.15) is 0 Å². The zero-order valence-corrected chi connectivity index (χ0v) is 12.0.